The fourth-order valence-corrected chi connectivity index (χ4v) is 3.97. The quantitative estimate of drug-likeness (QED) is 0.577. The van der Waals surface area contributed by atoms with E-state index in [-0.39, 0.29) is 11.7 Å². The highest BCUT2D eigenvalue weighted by Gasteiger charge is 2.42. The molecular formula is C23H25N3O5. The second kappa shape index (κ2) is 8.69. The average Bonchev–Trinajstić information content (AvgIpc) is 3.32. The summed E-state index contributed by atoms with van der Waals surface area (Å²) in [4.78, 5) is 15.0. The molecule has 8 nitrogen and oxygen atoms in total. The molecule has 1 aliphatic rings. The third kappa shape index (κ3) is 3.59. The molecule has 162 valence electrons. The number of fused-ring (bicyclic) bond motifs is 1. The van der Waals surface area contributed by atoms with E-state index in [4.69, 9.17) is 14.2 Å². The monoisotopic (exact) mass is 423 g/mol. The van der Waals surface area contributed by atoms with E-state index < -0.39 is 6.04 Å². The number of aromatic nitrogens is 2. The van der Waals surface area contributed by atoms with Crippen molar-refractivity contribution in [2.24, 2.45) is 0 Å². The van der Waals surface area contributed by atoms with Gasteiger partial charge in [0.2, 0.25) is 0 Å². The SMILES string of the molecule is CCOc1ccc([C@H]2c3c(-c4ccccc4O)n[nH]c3C(=O)N2CCOC)cc1OC. The fourth-order valence-electron chi connectivity index (χ4n) is 3.97. The van der Waals surface area contributed by atoms with Crippen molar-refractivity contribution < 1.29 is 24.1 Å². The van der Waals surface area contributed by atoms with Gasteiger partial charge in [-0.3, -0.25) is 9.89 Å². The average molecular weight is 423 g/mol. The molecule has 0 aliphatic carbocycles. The summed E-state index contributed by atoms with van der Waals surface area (Å²) in [6, 6.07) is 12.2. The number of hydrogen-bond donors (Lipinski definition) is 2. The van der Waals surface area contributed by atoms with Gasteiger partial charge >= 0.3 is 0 Å². The number of methoxy groups -OCH3 is 2. The van der Waals surface area contributed by atoms with Crippen LogP contribution in [0.15, 0.2) is 42.5 Å². The van der Waals surface area contributed by atoms with Crippen LogP contribution in [-0.4, -0.2) is 60.1 Å². The highest BCUT2D eigenvalue weighted by molar-refractivity contribution is 6.00. The fraction of sp³-hybridized carbons (Fsp3) is 0.304. The van der Waals surface area contributed by atoms with E-state index in [0.29, 0.717) is 53.8 Å². The van der Waals surface area contributed by atoms with Crippen molar-refractivity contribution in [3.05, 3.63) is 59.3 Å². The molecule has 2 heterocycles. The molecule has 1 amide bonds. The summed E-state index contributed by atoms with van der Waals surface area (Å²) in [5.74, 6) is 1.15. The number of carbonyl (C=O) groups excluding carboxylic acids is 1. The molecule has 1 atom stereocenters. The number of amides is 1. The number of carbonyl (C=O) groups is 1. The molecule has 0 spiro atoms. The van der Waals surface area contributed by atoms with Crippen LogP contribution in [0.3, 0.4) is 0 Å². The number of para-hydroxylation sites is 1. The number of aromatic amines is 1. The van der Waals surface area contributed by atoms with Gasteiger partial charge in [-0.15, -0.1) is 0 Å². The summed E-state index contributed by atoms with van der Waals surface area (Å²) >= 11 is 0. The maximum absolute atomic E-state index is 13.2. The number of phenols is 1. The van der Waals surface area contributed by atoms with Crippen LogP contribution in [0.5, 0.6) is 17.2 Å². The Morgan fingerprint density at radius 1 is 1.16 bits per heavy atom. The van der Waals surface area contributed by atoms with Gasteiger partial charge in [0.1, 0.15) is 17.1 Å². The van der Waals surface area contributed by atoms with Gasteiger partial charge in [0.25, 0.3) is 5.91 Å². The van der Waals surface area contributed by atoms with Crippen LogP contribution in [0, 0.1) is 0 Å². The molecule has 8 heteroatoms. The zero-order valence-corrected chi connectivity index (χ0v) is 17.7. The lowest BCUT2D eigenvalue weighted by Crippen LogP contribution is -2.32. The van der Waals surface area contributed by atoms with Gasteiger partial charge in [-0.2, -0.15) is 5.10 Å². The molecule has 0 fully saturated rings. The lowest BCUT2D eigenvalue weighted by molar-refractivity contribution is 0.0677. The largest absolute Gasteiger partial charge is 0.507 e. The number of H-pyrrole nitrogens is 1. The minimum atomic E-state index is -0.421. The van der Waals surface area contributed by atoms with Gasteiger partial charge in [0.05, 0.1) is 26.4 Å². The van der Waals surface area contributed by atoms with E-state index in [0.717, 1.165) is 5.56 Å². The smallest absolute Gasteiger partial charge is 0.273 e. The topological polar surface area (TPSA) is 96.9 Å². The summed E-state index contributed by atoms with van der Waals surface area (Å²) in [6.45, 7) is 3.21. The normalized spacial score (nSPS) is 15.3. The molecule has 1 aromatic heterocycles. The van der Waals surface area contributed by atoms with Crippen molar-refractivity contribution in [2.75, 3.05) is 34.0 Å². The highest BCUT2D eigenvalue weighted by Crippen LogP contribution is 2.45. The minimum Gasteiger partial charge on any atom is -0.507 e. The van der Waals surface area contributed by atoms with Gasteiger partial charge in [-0.1, -0.05) is 18.2 Å². The first-order chi connectivity index (χ1) is 15.1. The second-order valence-corrected chi connectivity index (χ2v) is 7.12. The lowest BCUT2D eigenvalue weighted by Gasteiger charge is -2.26. The second-order valence-electron chi connectivity index (χ2n) is 7.12. The molecule has 0 saturated carbocycles. The number of hydrogen-bond acceptors (Lipinski definition) is 6. The number of nitrogens with zero attached hydrogens (tertiary/aromatic N) is 2. The van der Waals surface area contributed by atoms with Gasteiger partial charge in [-0.05, 0) is 36.8 Å². The maximum Gasteiger partial charge on any atom is 0.273 e. The molecule has 0 bridgehead atoms. The third-order valence-corrected chi connectivity index (χ3v) is 5.36. The van der Waals surface area contributed by atoms with E-state index in [1.54, 1.807) is 37.3 Å². The Labute approximate surface area is 180 Å². The van der Waals surface area contributed by atoms with Crippen molar-refractivity contribution in [1.82, 2.24) is 15.1 Å². The van der Waals surface area contributed by atoms with Crippen molar-refractivity contribution in [3.8, 4) is 28.5 Å². The number of benzene rings is 2. The van der Waals surface area contributed by atoms with Crippen LogP contribution in [0.4, 0.5) is 0 Å². The van der Waals surface area contributed by atoms with E-state index >= 15 is 0 Å². The lowest BCUT2D eigenvalue weighted by atomic mass is 9.95. The number of rotatable bonds is 8. The Bertz CT molecular complexity index is 1090. The molecule has 0 radical (unpaired) electrons. The molecule has 3 aromatic rings. The molecule has 4 rings (SSSR count). The summed E-state index contributed by atoms with van der Waals surface area (Å²) in [5.41, 5.74) is 3.08. The molecule has 0 saturated heterocycles. The van der Waals surface area contributed by atoms with E-state index in [2.05, 4.69) is 10.2 Å². The Morgan fingerprint density at radius 3 is 2.68 bits per heavy atom. The van der Waals surface area contributed by atoms with Crippen molar-refractivity contribution in [1.29, 1.82) is 0 Å². The molecule has 0 unspecified atom stereocenters. The minimum absolute atomic E-state index is 0.0996. The van der Waals surface area contributed by atoms with E-state index in [9.17, 15) is 9.90 Å². The van der Waals surface area contributed by atoms with Crippen LogP contribution < -0.4 is 9.47 Å². The van der Waals surface area contributed by atoms with Gasteiger partial charge < -0.3 is 24.2 Å². The van der Waals surface area contributed by atoms with E-state index in [1.807, 2.05) is 31.2 Å². The first kappa shape index (κ1) is 20.7. The highest BCUT2D eigenvalue weighted by atomic mass is 16.5. The molecular weight excluding hydrogens is 398 g/mol. The van der Waals surface area contributed by atoms with Gasteiger partial charge in [0.15, 0.2) is 11.5 Å². The van der Waals surface area contributed by atoms with Crippen LogP contribution in [0.1, 0.15) is 34.6 Å². The van der Waals surface area contributed by atoms with Crippen LogP contribution in [0.25, 0.3) is 11.3 Å². The van der Waals surface area contributed by atoms with E-state index in [1.165, 1.54) is 0 Å². The van der Waals surface area contributed by atoms with Crippen molar-refractivity contribution >= 4 is 5.91 Å². The Kier molecular flexibility index (Phi) is 5.81. The summed E-state index contributed by atoms with van der Waals surface area (Å²) in [7, 11) is 3.19. The third-order valence-electron chi connectivity index (χ3n) is 5.36. The summed E-state index contributed by atoms with van der Waals surface area (Å²) in [6.07, 6.45) is 0. The summed E-state index contributed by atoms with van der Waals surface area (Å²) in [5, 5.41) is 17.7. The number of aromatic hydroxyl groups is 1. The van der Waals surface area contributed by atoms with Gasteiger partial charge in [-0.25, -0.2) is 0 Å². The predicted octanol–water partition coefficient (Wildman–Crippen LogP) is 3.38. The first-order valence-electron chi connectivity index (χ1n) is 10.1. The molecule has 1 aliphatic heterocycles. The number of nitrogens with one attached hydrogen (secondary N) is 1. The summed E-state index contributed by atoms with van der Waals surface area (Å²) < 4.78 is 16.4. The standard InChI is InChI=1S/C23H25N3O5/c1-4-31-17-10-9-14(13-18(17)30-3)22-19-20(15-7-5-6-8-16(15)27)24-25-21(19)23(28)26(22)11-12-29-2/h5-10,13,22,27H,4,11-12H2,1-3H3,(H,24,25)/t22-/m0/s1. The molecule has 2 N–H and O–H groups in total. The first-order valence-corrected chi connectivity index (χ1v) is 10.1. The maximum atomic E-state index is 13.2. The molecule has 31 heavy (non-hydrogen) atoms. The number of phenolic OH excluding ortho intramolecular Hbond substituents is 1. The predicted molar refractivity (Wildman–Crippen MR) is 115 cm³/mol. The van der Waals surface area contributed by atoms with Gasteiger partial charge in [0, 0.05) is 24.8 Å². The van der Waals surface area contributed by atoms with Crippen molar-refractivity contribution in [2.45, 2.75) is 13.0 Å². The molecule has 2 aromatic carbocycles. The Hall–Kier alpha value is -3.52. The van der Waals surface area contributed by atoms with Crippen LogP contribution >= 0.6 is 0 Å². The Balaban J connectivity index is 1.87. The number of ether oxygens (including phenoxy) is 3. The van der Waals surface area contributed by atoms with Crippen molar-refractivity contribution in [3.63, 3.8) is 0 Å². The zero-order chi connectivity index (χ0) is 22.0. The zero-order valence-electron chi connectivity index (χ0n) is 17.7. The van der Waals surface area contributed by atoms with Crippen LogP contribution in [0.2, 0.25) is 0 Å². The Morgan fingerprint density at radius 2 is 1.97 bits per heavy atom. The van der Waals surface area contributed by atoms with Crippen LogP contribution in [-0.2, 0) is 4.74 Å².